The number of aromatic hydroxyl groups is 1. The van der Waals surface area contributed by atoms with Crippen LogP contribution in [0.1, 0.15) is 11.6 Å². The normalized spacial score (nSPS) is 17.2. The maximum absolute atomic E-state index is 13.2. The third-order valence-electron chi connectivity index (χ3n) is 3.10. The molecule has 7 heteroatoms. The second-order valence-electron chi connectivity index (χ2n) is 4.17. The van der Waals surface area contributed by atoms with Crippen molar-refractivity contribution < 1.29 is 9.50 Å². The molecule has 2 rings (SSSR count). The summed E-state index contributed by atoms with van der Waals surface area (Å²) >= 11 is 5.85. The summed E-state index contributed by atoms with van der Waals surface area (Å²) in [5.41, 5.74) is 0.817. The number of nitrogens with zero attached hydrogens (tertiary/aromatic N) is 1. The first-order chi connectivity index (χ1) is 8.22. The van der Waals surface area contributed by atoms with Crippen molar-refractivity contribution in [1.82, 2.24) is 10.2 Å². The summed E-state index contributed by atoms with van der Waals surface area (Å²) in [7, 11) is 0. The molecule has 0 aromatic heterocycles. The van der Waals surface area contributed by atoms with E-state index in [0.29, 0.717) is 0 Å². The lowest BCUT2D eigenvalue weighted by Gasteiger charge is -2.33. The van der Waals surface area contributed by atoms with Crippen LogP contribution in [0.4, 0.5) is 4.39 Å². The Bertz CT molecular complexity index is 389. The van der Waals surface area contributed by atoms with E-state index < -0.39 is 6.67 Å². The lowest BCUT2D eigenvalue weighted by molar-refractivity contribution is 0.147. The topological polar surface area (TPSA) is 35.5 Å². The van der Waals surface area contributed by atoms with E-state index in [9.17, 15) is 9.50 Å². The first kappa shape index (κ1) is 18.7. The van der Waals surface area contributed by atoms with Crippen molar-refractivity contribution in [3.8, 4) is 5.75 Å². The molecule has 1 atom stereocenters. The molecule has 2 N–H and O–H groups in total. The van der Waals surface area contributed by atoms with Crippen LogP contribution >= 0.6 is 36.4 Å². The van der Waals surface area contributed by atoms with Crippen molar-refractivity contribution in [3.05, 3.63) is 28.8 Å². The van der Waals surface area contributed by atoms with Crippen molar-refractivity contribution >= 4 is 36.4 Å². The highest BCUT2D eigenvalue weighted by Gasteiger charge is 2.22. The second kappa shape index (κ2) is 8.82. The van der Waals surface area contributed by atoms with Gasteiger partial charge >= 0.3 is 0 Å². The molecule has 0 saturated carbocycles. The molecule has 0 bridgehead atoms. The van der Waals surface area contributed by atoms with Gasteiger partial charge < -0.3 is 10.4 Å². The van der Waals surface area contributed by atoms with E-state index in [1.807, 2.05) is 0 Å². The minimum atomic E-state index is -0.443. The fourth-order valence-corrected chi connectivity index (χ4v) is 2.31. The van der Waals surface area contributed by atoms with Gasteiger partial charge in [-0.3, -0.25) is 4.90 Å². The van der Waals surface area contributed by atoms with Crippen LogP contribution < -0.4 is 5.32 Å². The summed E-state index contributed by atoms with van der Waals surface area (Å²) in [4.78, 5) is 2.10. The number of alkyl halides is 1. The Kier molecular flexibility index (Phi) is 8.70. The van der Waals surface area contributed by atoms with E-state index in [0.717, 1.165) is 31.7 Å². The Morgan fingerprint density at radius 2 is 1.95 bits per heavy atom. The smallest absolute Gasteiger partial charge is 0.134 e. The van der Waals surface area contributed by atoms with Crippen LogP contribution in [-0.2, 0) is 0 Å². The van der Waals surface area contributed by atoms with Gasteiger partial charge in [-0.15, -0.1) is 24.8 Å². The first-order valence-corrected chi connectivity index (χ1v) is 6.09. The van der Waals surface area contributed by atoms with Gasteiger partial charge in [0, 0.05) is 26.2 Å². The van der Waals surface area contributed by atoms with Crippen LogP contribution in [0.5, 0.6) is 5.75 Å². The minimum absolute atomic E-state index is 0. The largest absolute Gasteiger partial charge is 0.506 e. The van der Waals surface area contributed by atoms with E-state index >= 15 is 0 Å². The standard InChI is InChI=1S/C12H16ClFN2O.2ClH/c13-10-7-9(1-2-12(10)17)11(8-14)16-5-3-15-4-6-16;;/h1-2,7,11,15,17H,3-6,8H2;2*1H/t11-;;/m0../s1. The quantitative estimate of drug-likeness (QED) is 0.894. The fraction of sp³-hybridized carbons (Fsp3) is 0.500. The predicted octanol–water partition coefficient (Wildman–Crippen LogP) is 2.81. The molecule has 1 heterocycles. The van der Waals surface area contributed by atoms with Gasteiger partial charge in [0.25, 0.3) is 0 Å². The average Bonchev–Trinajstić information content (AvgIpc) is 2.36. The average molecular weight is 332 g/mol. The molecule has 1 aliphatic rings. The van der Waals surface area contributed by atoms with Crippen molar-refractivity contribution in [2.45, 2.75) is 6.04 Å². The van der Waals surface area contributed by atoms with Gasteiger partial charge in [-0.25, -0.2) is 4.39 Å². The molecular formula is C12H18Cl3FN2O. The zero-order valence-electron chi connectivity index (χ0n) is 10.3. The van der Waals surface area contributed by atoms with Gasteiger partial charge in [0.2, 0.25) is 0 Å². The van der Waals surface area contributed by atoms with Gasteiger partial charge in [-0.05, 0) is 17.7 Å². The molecule has 110 valence electrons. The highest BCUT2D eigenvalue weighted by molar-refractivity contribution is 6.32. The van der Waals surface area contributed by atoms with Gasteiger partial charge in [-0.1, -0.05) is 17.7 Å². The summed E-state index contributed by atoms with van der Waals surface area (Å²) in [5, 5.41) is 12.9. The van der Waals surface area contributed by atoms with Crippen molar-refractivity contribution in [3.63, 3.8) is 0 Å². The van der Waals surface area contributed by atoms with E-state index in [4.69, 9.17) is 11.6 Å². The maximum Gasteiger partial charge on any atom is 0.134 e. The Morgan fingerprint density at radius 1 is 1.32 bits per heavy atom. The summed E-state index contributed by atoms with van der Waals surface area (Å²) in [6.45, 7) is 2.96. The van der Waals surface area contributed by atoms with E-state index in [1.165, 1.54) is 6.07 Å². The SMILES string of the molecule is Cl.Cl.Oc1ccc([C@H](CF)N2CCNCC2)cc1Cl. The molecule has 1 aromatic carbocycles. The van der Waals surface area contributed by atoms with Crippen LogP contribution in [0, 0.1) is 0 Å². The Balaban J connectivity index is 0.00000162. The van der Waals surface area contributed by atoms with Crippen LogP contribution in [0.25, 0.3) is 0 Å². The molecule has 1 fully saturated rings. The number of rotatable bonds is 3. The minimum Gasteiger partial charge on any atom is -0.506 e. The third kappa shape index (κ3) is 4.65. The molecule has 0 unspecified atom stereocenters. The van der Waals surface area contributed by atoms with Crippen molar-refractivity contribution in [1.29, 1.82) is 0 Å². The molecule has 0 aliphatic carbocycles. The Labute approximate surface area is 129 Å². The molecule has 0 amide bonds. The van der Waals surface area contributed by atoms with Gasteiger partial charge in [0.05, 0.1) is 11.1 Å². The van der Waals surface area contributed by atoms with Crippen LogP contribution in [0.3, 0.4) is 0 Å². The number of phenolic OH excluding ortho intramolecular Hbond substituents is 1. The molecular weight excluding hydrogens is 314 g/mol. The van der Waals surface area contributed by atoms with Crippen LogP contribution in [0.15, 0.2) is 18.2 Å². The summed E-state index contributed by atoms with van der Waals surface area (Å²) < 4.78 is 13.2. The molecule has 0 radical (unpaired) electrons. The number of hydrogen-bond acceptors (Lipinski definition) is 3. The van der Waals surface area contributed by atoms with E-state index in [1.54, 1.807) is 12.1 Å². The zero-order valence-corrected chi connectivity index (χ0v) is 12.7. The van der Waals surface area contributed by atoms with E-state index in [2.05, 4.69) is 10.2 Å². The molecule has 1 aromatic rings. The molecule has 1 saturated heterocycles. The summed E-state index contributed by atoms with van der Waals surface area (Å²) in [5.74, 6) is 0.0355. The lowest BCUT2D eigenvalue weighted by Crippen LogP contribution is -2.45. The number of hydrogen-bond donors (Lipinski definition) is 2. The van der Waals surface area contributed by atoms with E-state index in [-0.39, 0.29) is 41.6 Å². The Morgan fingerprint density at radius 3 is 2.47 bits per heavy atom. The molecule has 3 nitrogen and oxygen atoms in total. The summed E-state index contributed by atoms with van der Waals surface area (Å²) in [6, 6.07) is 4.62. The van der Waals surface area contributed by atoms with Crippen molar-refractivity contribution in [2.75, 3.05) is 32.9 Å². The maximum atomic E-state index is 13.2. The lowest BCUT2D eigenvalue weighted by atomic mass is 10.1. The fourth-order valence-electron chi connectivity index (χ4n) is 2.12. The van der Waals surface area contributed by atoms with Crippen molar-refractivity contribution in [2.24, 2.45) is 0 Å². The van der Waals surface area contributed by atoms with Crippen LogP contribution in [-0.4, -0.2) is 42.9 Å². The number of halogens is 4. The molecule has 19 heavy (non-hydrogen) atoms. The monoisotopic (exact) mass is 330 g/mol. The Hall–Kier alpha value is -0.260. The highest BCUT2D eigenvalue weighted by atomic mass is 35.5. The van der Waals surface area contributed by atoms with Gasteiger partial charge in [0.1, 0.15) is 12.4 Å². The molecule has 0 spiro atoms. The first-order valence-electron chi connectivity index (χ1n) is 5.71. The highest BCUT2D eigenvalue weighted by Crippen LogP contribution is 2.29. The predicted molar refractivity (Wildman–Crippen MR) is 80.8 cm³/mol. The number of benzene rings is 1. The number of piperazine rings is 1. The van der Waals surface area contributed by atoms with Crippen LogP contribution in [0.2, 0.25) is 5.02 Å². The number of phenols is 1. The zero-order chi connectivity index (χ0) is 12.3. The van der Waals surface area contributed by atoms with Gasteiger partial charge in [0.15, 0.2) is 0 Å². The second-order valence-corrected chi connectivity index (χ2v) is 4.57. The number of nitrogens with one attached hydrogen (secondary N) is 1. The van der Waals surface area contributed by atoms with Gasteiger partial charge in [-0.2, -0.15) is 0 Å². The molecule has 1 aliphatic heterocycles. The summed E-state index contributed by atoms with van der Waals surface area (Å²) in [6.07, 6.45) is 0. The third-order valence-corrected chi connectivity index (χ3v) is 3.40.